The highest BCUT2D eigenvalue weighted by Gasteiger charge is 2.11. The number of likely N-dealkylation sites (N-methyl/N-ethyl adjacent to an activating group) is 1. The molecule has 0 atom stereocenters. The summed E-state index contributed by atoms with van der Waals surface area (Å²) in [4.78, 5) is 28.6. The maximum Gasteiger partial charge on any atom is 0.227 e. The van der Waals surface area contributed by atoms with E-state index in [9.17, 15) is 9.59 Å². The van der Waals surface area contributed by atoms with Crippen molar-refractivity contribution in [2.24, 2.45) is 0 Å². The largest absolute Gasteiger partial charge is 0.338 e. The Hall–Kier alpha value is -2.70. The van der Waals surface area contributed by atoms with E-state index < -0.39 is 0 Å². The molecule has 0 saturated carbocycles. The number of hydrogen-bond donors (Lipinski definition) is 2. The number of nitrogens with one attached hydrogen (secondary N) is 2. The van der Waals surface area contributed by atoms with Crippen LogP contribution in [0.15, 0.2) is 30.6 Å². The lowest BCUT2D eigenvalue weighted by molar-refractivity contribution is -0.129. The van der Waals surface area contributed by atoms with Crippen LogP contribution in [0.1, 0.15) is 18.3 Å². The number of anilines is 1. The van der Waals surface area contributed by atoms with Crippen LogP contribution in [-0.2, 0) is 22.6 Å². The molecule has 1 aromatic carbocycles. The van der Waals surface area contributed by atoms with Crippen molar-refractivity contribution in [3.8, 4) is 0 Å². The molecule has 7 heteroatoms. The van der Waals surface area contributed by atoms with Gasteiger partial charge in [-0.25, -0.2) is 4.98 Å². The van der Waals surface area contributed by atoms with E-state index in [1.807, 2.05) is 12.1 Å². The van der Waals surface area contributed by atoms with Crippen LogP contribution in [0.5, 0.6) is 0 Å². The first-order valence-electron chi connectivity index (χ1n) is 6.49. The fourth-order valence-electron chi connectivity index (χ4n) is 1.84. The van der Waals surface area contributed by atoms with Crippen LogP contribution < -0.4 is 5.32 Å². The van der Waals surface area contributed by atoms with E-state index in [0.717, 1.165) is 5.56 Å². The molecule has 110 valence electrons. The number of nitrogens with zero attached hydrogens (tertiary/aromatic N) is 3. The summed E-state index contributed by atoms with van der Waals surface area (Å²) in [5.41, 5.74) is 1.60. The Labute approximate surface area is 122 Å². The highest BCUT2D eigenvalue weighted by Crippen LogP contribution is 2.11. The van der Waals surface area contributed by atoms with Gasteiger partial charge in [-0.1, -0.05) is 12.1 Å². The zero-order chi connectivity index (χ0) is 15.2. The molecule has 0 aliphatic carbocycles. The second-order valence-electron chi connectivity index (χ2n) is 4.74. The summed E-state index contributed by atoms with van der Waals surface area (Å²) in [7, 11) is 1.72. The maximum atomic E-state index is 12.1. The van der Waals surface area contributed by atoms with Crippen LogP contribution in [0.4, 0.5) is 5.69 Å². The van der Waals surface area contributed by atoms with E-state index in [2.05, 4.69) is 20.5 Å². The molecule has 2 N–H and O–H groups in total. The molecule has 0 bridgehead atoms. The molecule has 0 unspecified atom stereocenters. The van der Waals surface area contributed by atoms with Crippen molar-refractivity contribution in [3.63, 3.8) is 0 Å². The van der Waals surface area contributed by atoms with E-state index >= 15 is 0 Å². The van der Waals surface area contributed by atoms with Crippen molar-refractivity contribution in [2.75, 3.05) is 12.4 Å². The third-order valence-corrected chi connectivity index (χ3v) is 2.91. The number of aromatic nitrogens is 3. The summed E-state index contributed by atoms with van der Waals surface area (Å²) >= 11 is 0. The normalized spacial score (nSPS) is 10.2. The Balaban J connectivity index is 1.91. The average molecular weight is 287 g/mol. The van der Waals surface area contributed by atoms with Gasteiger partial charge in [-0.05, 0) is 17.7 Å². The molecule has 2 rings (SSSR count). The lowest BCUT2D eigenvalue weighted by Crippen LogP contribution is -2.28. The second-order valence-corrected chi connectivity index (χ2v) is 4.74. The van der Waals surface area contributed by atoms with Crippen molar-refractivity contribution < 1.29 is 9.59 Å². The van der Waals surface area contributed by atoms with Gasteiger partial charge in [-0.15, -0.1) is 0 Å². The molecular weight excluding hydrogens is 270 g/mol. The summed E-state index contributed by atoms with van der Waals surface area (Å²) in [5, 5.41) is 9.14. The van der Waals surface area contributed by atoms with Crippen molar-refractivity contribution >= 4 is 17.5 Å². The zero-order valence-electron chi connectivity index (χ0n) is 12.0. The highest BCUT2D eigenvalue weighted by molar-refractivity contribution is 5.88. The molecular formula is C14H17N5O2. The standard InChI is InChI=1S/C14H17N5O2/c1-10(20)17-12-5-3-11(4-6-12)7-14(21)19(2)8-13-15-9-16-18-13/h3-6,9H,7-8H2,1-2H3,(H,17,20)(H,15,16,18). The van der Waals surface area contributed by atoms with Crippen molar-refractivity contribution in [3.05, 3.63) is 42.0 Å². The number of rotatable bonds is 5. The molecule has 0 fully saturated rings. The number of amides is 2. The first kappa shape index (κ1) is 14.7. The van der Waals surface area contributed by atoms with Crippen molar-refractivity contribution in [1.82, 2.24) is 20.1 Å². The van der Waals surface area contributed by atoms with Gasteiger partial charge in [-0.2, -0.15) is 5.10 Å². The van der Waals surface area contributed by atoms with E-state index in [-0.39, 0.29) is 11.8 Å². The Kier molecular flexibility index (Phi) is 4.65. The predicted molar refractivity (Wildman–Crippen MR) is 77.3 cm³/mol. The molecule has 7 nitrogen and oxygen atoms in total. The number of carbonyl (C=O) groups is 2. The second kappa shape index (κ2) is 6.65. The third kappa shape index (κ3) is 4.41. The Morgan fingerprint density at radius 1 is 1.29 bits per heavy atom. The van der Waals surface area contributed by atoms with Crippen LogP contribution in [-0.4, -0.2) is 38.9 Å². The van der Waals surface area contributed by atoms with Gasteiger partial charge in [0.15, 0.2) is 0 Å². The van der Waals surface area contributed by atoms with Crippen LogP contribution in [0.25, 0.3) is 0 Å². The van der Waals surface area contributed by atoms with Gasteiger partial charge in [0, 0.05) is 19.7 Å². The monoisotopic (exact) mass is 287 g/mol. The fourth-order valence-corrected chi connectivity index (χ4v) is 1.84. The molecule has 2 aromatic rings. The smallest absolute Gasteiger partial charge is 0.227 e. The molecule has 0 saturated heterocycles. The molecule has 0 aliphatic heterocycles. The minimum Gasteiger partial charge on any atom is -0.338 e. The lowest BCUT2D eigenvalue weighted by atomic mass is 10.1. The van der Waals surface area contributed by atoms with Crippen LogP contribution in [0.3, 0.4) is 0 Å². The number of benzene rings is 1. The number of H-pyrrole nitrogens is 1. The van der Waals surface area contributed by atoms with Crippen molar-refractivity contribution in [1.29, 1.82) is 0 Å². The number of aromatic amines is 1. The SMILES string of the molecule is CC(=O)Nc1ccc(CC(=O)N(C)Cc2ncn[nH]2)cc1. The molecule has 0 radical (unpaired) electrons. The van der Waals surface area contributed by atoms with Gasteiger partial charge in [-0.3, -0.25) is 14.7 Å². The summed E-state index contributed by atoms with van der Waals surface area (Å²) in [6.45, 7) is 1.85. The van der Waals surface area contributed by atoms with Crippen LogP contribution in [0.2, 0.25) is 0 Å². The average Bonchev–Trinajstić information content (AvgIpc) is 2.93. The van der Waals surface area contributed by atoms with Crippen molar-refractivity contribution in [2.45, 2.75) is 19.9 Å². The van der Waals surface area contributed by atoms with Gasteiger partial charge in [0.2, 0.25) is 11.8 Å². The van der Waals surface area contributed by atoms with E-state index in [4.69, 9.17) is 0 Å². The molecule has 1 aromatic heterocycles. The lowest BCUT2D eigenvalue weighted by Gasteiger charge is -2.15. The summed E-state index contributed by atoms with van der Waals surface area (Å²) < 4.78 is 0. The van der Waals surface area contributed by atoms with Gasteiger partial charge in [0.05, 0.1) is 13.0 Å². The Morgan fingerprint density at radius 2 is 2.00 bits per heavy atom. The summed E-state index contributed by atoms with van der Waals surface area (Å²) in [5.74, 6) is 0.510. The summed E-state index contributed by atoms with van der Waals surface area (Å²) in [6, 6.07) is 7.21. The first-order chi connectivity index (χ1) is 10.0. The zero-order valence-corrected chi connectivity index (χ0v) is 12.0. The van der Waals surface area contributed by atoms with E-state index in [1.54, 1.807) is 24.1 Å². The Bertz CT molecular complexity index is 607. The third-order valence-electron chi connectivity index (χ3n) is 2.91. The maximum absolute atomic E-state index is 12.1. The number of hydrogen-bond acceptors (Lipinski definition) is 4. The topological polar surface area (TPSA) is 91.0 Å². The molecule has 0 aliphatic rings. The van der Waals surface area contributed by atoms with E-state index in [1.165, 1.54) is 13.3 Å². The molecule has 2 amide bonds. The quantitative estimate of drug-likeness (QED) is 0.857. The van der Waals surface area contributed by atoms with Gasteiger partial charge in [0.1, 0.15) is 12.2 Å². The molecule has 21 heavy (non-hydrogen) atoms. The van der Waals surface area contributed by atoms with Gasteiger partial charge >= 0.3 is 0 Å². The molecule has 0 spiro atoms. The predicted octanol–water partition coefficient (Wildman–Crippen LogP) is 0.964. The Morgan fingerprint density at radius 3 is 2.57 bits per heavy atom. The van der Waals surface area contributed by atoms with Gasteiger partial charge < -0.3 is 10.2 Å². The minimum absolute atomic E-state index is 0.0151. The molecule has 1 heterocycles. The van der Waals surface area contributed by atoms with Crippen LogP contribution in [0, 0.1) is 0 Å². The minimum atomic E-state index is -0.120. The summed E-state index contributed by atoms with van der Waals surface area (Å²) in [6.07, 6.45) is 1.71. The number of carbonyl (C=O) groups excluding carboxylic acids is 2. The first-order valence-corrected chi connectivity index (χ1v) is 6.49. The van der Waals surface area contributed by atoms with E-state index in [0.29, 0.717) is 24.5 Å². The van der Waals surface area contributed by atoms with Crippen LogP contribution >= 0.6 is 0 Å². The van der Waals surface area contributed by atoms with Gasteiger partial charge in [0.25, 0.3) is 0 Å². The highest BCUT2D eigenvalue weighted by atomic mass is 16.2. The fraction of sp³-hybridized carbons (Fsp3) is 0.286.